The number of ether oxygens (including phenoxy) is 2. The number of aromatic nitrogens is 2. The normalized spacial score (nSPS) is 28.2. The van der Waals surface area contributed by atoms with Crippen molar-refractivity contribution >= 4 is 39.1 Å². The van der Waals surface area contributed by atoms with Crippen LogP contribution in [-0.4, -0.2) is 77.6 Å². The lowest BCUT2D eigenvalue weighted by Crippen LogP contribution is -2.60. The van der Waals surface area contributed by atoms with Crippen LogP contribution in [0.1, 0.15) is 37.7 Å². The number of piperazine rings is 1. The average Bonchev–Trinajstić information content (AvgIpc) is 3.68. The predicted molar refractivity (Wildman–Crippen MR) is 170 cm³/mol. The Kier molecular flexibility index (Phi) is 6.41. The standard InChI is InChI=1S/C35H31ClF3N5O2/c1-2-21-23(38)9-7-18-5-3-6-22(26(18)21)27-29(36)32-28-31(30(27)39)41-34(46-17-35-11-4-12-43(35)14-19(37)13-35)42-33(28)44-15-20-8-10-24(40-20)25(44)16-45-32/h1,3,5-7,9,19-20,24-25,40H,4,8,10-17H2/t19-,20-,24+,25-,35+/m1/s1. The fraction of sp³-hybridized carbons (Fsp3) is 0.429. The maximum absolute atomic E-state index is 17.2. The highest BCUT2D eigenvalue weighted by atomic mass is 35.5. The molecule has 0 spiro atoms. The Morgan fingerprint density at radius 3 is 2.91 bits per heavy atom. The Morgan fingerprint density at radius 1 is 1.15 bits per heavy atom. The van der Waals surface area contributed by atoms with E-state index in [1.54, 1.807) is 24.3 Å². The average molecular weight is 646 g/mol. The van der Waals surface area contributed by atoms with Crippen molar-refractivity contribution in [2.75, 3.05) is 37.7 Å². The molecule has 4 aromatic rings. The van der Waals surface area contributed by atoms with Crippen LogP contribution in [-0.2, 0) is 0 Å². The molecule has 7 nitrogen and oxygen atoms in total. The monoisotopic (exact) mass is 645 g/mol. The van der Waals surface area contributed by atoms with Gasteiger partial charge in [-0.25, -0.2) is 13.2 Å². The molecule has 4 saturated heterocycles. The van der Waals surface area contributed by atoms with Crippen LogP contribution in [0.3, 0.4) is 0 Å². The van der Waals surface area contributed by atoms with Gasteiger partial charge < -0.3 is 19.7 Å². The molecule has 4 fully saturated rings. The molecular formula is C35H31ClF3N5O2. The van der Waals surface area contributed by atoms with Crippen molar-refractivity contribution in [3.8, 4) is 35.2 Å². The molecule has 1 N–H and O–H groups in total. The van der Waals surface area contributed by atoms with E-state index in [1.165, 1.54) is 6.07 Å². The Labute approximate surface area is 269 Å². The molecule has 0 unspecified atom stereocenters. The van der Waals surface area contributed by atoms with Crippen LogP contribution < -0.4 is 19.7 Å². The summed E-state index contributed by atoms with van der Waals surface area (Å²) >= 11 is 7.11. The van der Waals surface area contributed by atoms with Crippen molar-refractivity contribution in [2.24, 2.45) is 0 Å². The molecule has 2 bridgehead atoms. The molecule has 0 aliphatic carbocycles. The second-order valence-corrected chi connectivity index (χ2v) is 13.7. The topological polar surface area (TPSA) is 62.8 Å². The molecular weight excluding hydrogens is 615 g/mol. The maximum atomic E-state index is 17.2. The van der Waals surface area contributed by atoms with Crippen LogP contribution in [0.25, 0.3) is 32.8 Å². The molecule has 6 heterocycles. The van der Waals surface area contributed by atoms with Gasteiger partial charge in [0.1, 0.15) is 36.5 Å². The van der Waals surface area contributed by atoms with Gasteiger partial charge in [0.05, 0.1) is 27.6 Å². The largest absolute Gasteiger partial charge is 0.489 e. The molecule has 5 aliphatic rings. The SMILES string of the molecule is C#Cc1c(F)ccc2cccc(-c3c(Cl)c4c5c(nc(OC[C@@]67CCCN6C[C@H](F)C7)nc5c3F)N3C[C@H]5CC[C@H](N5)[C@H]3CO4)c12. The second-order valence-electron chi connectivity index (χ2n) is 13.3. The molecule has 1 aromatic heterocycles. The van der Waals surface area contributed by atoms with Crippen molar-refractivity contribution in [1.82, 2.24) is 20.2 Å². The number of nitrogens with one attached hydrogen (secondary N) is 1. The summed E-state index contributed by atoms with van der Waals surface area (Å²) in [7, 11) is 0. The zero-order chi connectivity index (χ0) is 31.3. The Morgan fingerprint density at radius 2 is 2.04 bits per heavy atom. The zero-order valence-corrected chi connectivity index (χ0v) is 25.7. The smallest absolute Gasteiger partial charge is 0.319 e. The van der Waals surface area contributed by atoms with E-state index < -0.39 is 23.3 Å². The Balaban J connectivity index is 1.26. The molecule has 3 aromatic carbocycles. The van der Waals surface area contributed by atoms with Crippen molar-refractivity contribution < 1.29 is 22.6 Å². The van der Waals surface area contributed by atoms with Gasteiger partial charge in [-0.3, -0.25) is 4.90 Å². The third kappa shape index (κ3) is 4.07. The number of anilines is 1. The fourth-order valence-corrected chi connectivity index (χ4v) is 9.07. The van der Waals surface area contributed by atoms with Crippen LogP contribution >= 0.6 is 11.6 Å². The van der Waals surface area contributed by atoms with Crippen molar-refractivity contribution in [2.45, 2.75) is 61.9 Å². The van der Waals surface area contributed by atoms with E-state index in [4.69, 9.17) is 32.5 Å². The highest BCUT2D eigenvalue weighted by Gasteiger charge is 2.50. The summed E-state index contributed by atoms with van der Waals surface area (Å²) in [6, 6.07) is 8.49. The zero-order valence-electron chi connectivity index (χ0n) is 25.0. The first-order chi connectivity index (χ1) is 22.3. The minimum atomic E-state index is -0.913. The van der Waals surface area contributed by atoms with Gasteiger partial charge in [0.2, 0.25) is 0 Å². The highest BCUT2D eigenvalue weighted by Crippen LogP contribution is 2.51. The lowest BCUT2D eigenvalue weighted by molar-refractivity contribution is 0.107. The van der Waals surface area contributed by atoms with E-state index in [-0.39, 0.29) is 58.2 Å². The lowest BCUT2D eigenvalue weighted by atomic mass is 9.93. The van der Waals surface area contributed by atoms with Gasteiger partial charge in [0, 0.05) is 42.5 Å². The number of nitrogens with zero attached hydrogens (tertiary/aromatic N) is 4. The lowest BCUT2D eigenvalue weighted by Gasteiger charge is -2.40. The molecule has 5 aliphatic heterocycles. The number of fused-ring (bicyclic) bond motifs is 7. The van der Waals surface area contributed by atoms with Crippen molar-refractivity contribution in [3.63, 3.8) is 0 Å². The molecule has 0 radical (unpaired) electrons. The van der Waals surface area contributed by atoms with Crippen LogP contribution in [0, 0.1) is 24.0 Å². The van der Waals surface area contributed by atoms with E-state index in [0.717, 1.165) is 32.2 Å². The first-order valence-electron chi connectivity index (χ1n) is 15.9. The van der Waals surface area contributed by atoms with Crippen molar-refractivity contribution in [3.05, 3.63) is 52.6 Å². The van der Waals surface area contributed by atoms with Crippen molar-refractivity contribution in [1.29, 1.82) is 0 Å². The number of benzene rings is 3. The summed E-state index contributed by atoms with van der Waals surface area (Å²) in [6.45, 7) is 2.37. The summed E-state index contributed by atoms with van der Waals surface area (Å²) in [5.41, 5.74) is -0.0694. The van der Waals surface area contributed by atoms with Gasteiger partial charge >= 0.3 is 6.01 Å². The first kappa shape index (κ1) is 28.4. The third-order valence-corrected chi connectivity index (χ3v) is 11.2. The van der Waals surface area contributed by atoms with Crippen LogP contribution in [0.15, 0.2) is 30.3 Å². The summed E-state index contributed by atoms with van der Waals surface area (Å²) in [4.78, 5) is 13.9. The highest BCUT2D eigenvalue weighted by molar-refractivity contribution is 6.37. The predicted octanol–water partition coefficient (Wildman–Crippen LogP) is 6.02. The number of terminal acetylenes is 1. The third-order valence-electron chi connectivity index (χ3n) is 10.8. The number of rotatable bonds is 4. The van der Waals surface area contributed by atoms with Gasteiger partial charge in [0.15, 0.2) is 11.6 Å². The van der Waals surface area contributed by atoms with E-state index in [0.29, 0.717) is 53.7 Å². The van der Waals surface area contributed by atoms with E-state index in [2.05, 4.69) is 26.0 Å². The fourth-order valence-electron chi connectivity index (χ4n) is 8.74. The Bertz CT molecular complexity index is 1990. The maximum Gasteiger partial charge on any atom is 0.319 e. The molecule has 0 amide bonds. The molecule has 5 atom stereocenters. The quantitative estimate of drug-likeness (QED) is 0.273. The molecule has 236 valence electrons. The summed E-state index contributed by atoms with van der Waals surface area (Å²) < 4.78 is 59.5. The number of hydrogen-bond donors (Lipinski definition) is 1. The Hall–Kier alpha value is -3.78. The van der Waals surface area contributed by atoms with E-state index >= 15 is 4.39 Å². The molecule has 0 saturated carbocycles. The van der Waals surface area contributed by atoms with E-state index in [9.17, 15) is 8.78 Å². The number of halogens is 4. The summed E-state index contributed by atoms with van der Waals surface area (Å²) in [5.74, 6) is 1.93. The summed E-state index contributed by atoms with van der Waals surface area (Å²) in [6.07, 6.45) is 9.03. The molecule has 46 heavy (non-hydrogen) atoms. The minimum Gasteiger partial charge on any atom is -0.489 e. The van der Waals surface area contributed by atoms with Gasteiger partial charge in [-0.2, -0.15) is 9.97 Å². The molecule has 11 heteroatoms. The number of hydrogen-bond acceptors (Lipinski definition) is 7. The van der Waals surface area contributed by atoms with Gasteiger partial charge in [-0.15, -0.1) is 6.42 Å². The van der Waals surface area contributed by atoms with E-state index in [1.807, 2.05) is 0 Å². The van der Waals surface area contributed by atoms with Gasteiger partial charge in [0.25, 0.3) is 0 Å². The van der Waals surface area contributed by atoms with Gasteiger partial charge in [-0.1, -0.05) is 41.8 Å². The molecule has 9 rings (SSSR count). The second kappa shape index (κ2) is 10.4. The number of alkyl halides is 1. The summed E-state index contributed by atoms with van der Waals surface area (Å²) in [5, 5.41) is 5.11. The van der Waals surface area contributed by atoms with Crippen LogP contribution in [0.5, 0.6) is 11.8 Å². The minimum absolute atomic E-state index is 0.00726. The van der Waals surface area contributed by atoms with Crippen LogP contribution in [0.4, 0.5) is 19.0 Å². The van der Waals surface area contributed by atoms with Crippen LogP contribution in [0.2, 0.25) is 5.02 Å². The van der Waals surface area contributed by atoms with Gasteiger partial charge in [-0.05, 0) is 49.2 Å². The first-order valence-corrected chi connectivity index (χ1v) is 16.3.